The number of nitrogens with one attached hydrogen (secondary N) is 1. The number of methoxy groups -OCH3 is 2. The van der Waals surface area contributed by atoms with Gasteiger partial charge < -0.3 is 25.3 Å². The molecule has 0 spiro atoms. The lowest BCUT2D eigenvalue weighted by molar-refractivity contribution is -0.119. The summed E-state index contributed by atoms with van der Waals surface area (Å²) in [6.07, 6.45) is 0. The molecule has 7 heteroatoms. The average molecular weight is 344 g/mol. The summed E-state index contributed by atoms with van der Waals surface area (Å²) >= 11 is 0. The van der Waals surface area contributed by atoms with E-state index in [-0.39, 0.29) is 12.5 Å². The molecule has 0 aromatic heterocycles. The third-order valence-corrected chi connectivity index (χ3v) is 3.38. The standard InChI is InChI=1S/C18H20N2O5/c1-23-14-5-3-4-12(8-14)10-20-18(22)13-6-7-15(16(9-13)24-2)25-11-17(19)21/h3-9H,10-11H2,1-2H3,(H2,19,21)(H,20,22). The molecule has 0 saturated heterocycles. The largest absolute Gasteiger partial charge is 0.497 e. The van der Waals surface area contributed by atoms with Gasteiger partial charge in [0.2, 0.25) is 0 Å². The molecule has 0 heterocycles. The number of carbonyl (C=O) groups excluding carboxylic acids is 2. The molecule has 25 heavy (non-hydrogen) atoms. The summed E-state index contributed by atoms with van der Waals surface area (Å²) in [4.78, 5) is 23.1. The highest BCUT2D eigenvalue weighted by Gasteiger charge is 2.12. The Kier molecular flexibility index (Phi) is 6.22. The highest BCUT2D eigenvalue weighted by atomic mass is 16.5. The second-order valence-electron chi connectivity index (χ2n) is 5.15. The van der Waals surface area contributed by atoms with E-state index in [4.69, 9.17) is 19.9 Å². The van der Waals surface area contributed by atoms with Gasteiger partial charge in [0.25, 0.3) is 11.8 Å². The van der Waals surface area contributed by atoms with Gasteiger partial charge >= 0.3 is 0 Å². The number of hydrogen-bond acceptors (Lipinski definition) is 5. The molecule has 0 aliphatic carbocycles. The summed E-state index contributed by atoms with van der Waals surface area (Å²) in [7, 11) is 3.04. The van der Waals surface area contributed by atoms with E-state index in [1.54, 1.807) is 19.2 Å². The minimum atomic E-state index is -0.595. The van der Waals surface area contributed by atoms with Crippen LogP contribution in [-0.4, -0.2) is 32.6 Å². The van der Waals surface area contributed by atoms with Crippen molar-refractivity contribution in [2.45, 2.75) is 6.54 Å². The molecule has 0 unspecified atom stereocenters. The van der Waals surface area contributed by atoms with Crippen LogP contribution in [0.25, 0.3) is 0 Å². The lowest BCUT2D eigenvalue weighted by Crippen LogP contribution is -2.23. The molecule has 2 aromatic carbocycles. The zero-order valence-electron chi connectivity index (χ0n) is 14.1. The van der Waals surface area contributed by atoms with E-state index in [1.165, 1.54) is 13.2 Å². The van der Waals surface area contributed by atoms with E-state index in [0.717, 1.165) is 11.3 Å². The Labute approximate surface area is 145 Å². The maximum atomic E-state index is 12.3. The molecule has 0 aliphatic rings. The summed E-state index contributed by atoms with van der Waals surface area (Å²) in [6, 6.07) is 12.1. The summed E-state index contributed by atoms with van der Waals surface area (Å²) < 4.78 is 15.6. The van der Waals surface area contributed by atoms with Crippen LogP contribution in [0.5, 0.6) is 17.2 Å². The first kappa shape index (κ1) is 18.1. The number of ether oxygens (including phenoxy) is 3. The van der Waals surface area contributed by atoms with E-state index in [2.05, 4.69) is 5.32 Å². The van der Waals surface area contributed by atoms with Crippen molar-refractivity contribution in [3.63, 3.8) is 0 Å². The third kappa shape index (κ3) is 5.13. The predicted octanol–water partition coefficient (Wildman–Crippen LogP) is 1.50. The Morgan fingerprint density at radius 2 is 1.84 bits per heavy atom. The van der Waals surface area contributed by atoms with Gasteiger partial charge in [0.05, 0.1) is 14.2 Å². The first-order valence-corrected chi connectivity index (χ1v) is 7.53. The van der Waals surface area contributed by atoms with Crippen LogP contribution in [0, 0.1) is 0 Å². The van der Waals surface area contributed by atoms with Crippen molar-refractivity contribution in [3.8, 4) is 17.2 Å². The van der Waals surface area contributed by atoms with Gasteiger partial charge in [-0.2, -0.15) is 0 Å². The first-order valence-electron chi connectivity index (χ1n) is 7.53. The molecule has 0 radical (unpaired) electrons. The zero-order valence-corrected chi connectivity index (χ0v) is 14.1. The highest BCUT2D eigenvalue weighted by molar-refractivity contribution is 5.94. The molecular formula is C18H20N2O5. The van der Waals surface area contributed by atoms with Crippen LogP contribution in [0.1, 0.15) is 15.9 Å². The molecule has 0 bridgehead atoms. The van der Waals surface area contributed by atoms with Crippen LogP contribution in [0.2, 0.25) is 0 Å². The molecule has 7 nitrogen and oxygen atoms in total. The fourth-order valence-corrected chi connectivity index (χ4v) is 2.14. The fourth-order valence-electron chi connectivity index (χ4n) is 2.14. The van der Waals surface area contributed by atoms with Crippen molar-refractivity contribution in [2.75, 3.05) is 20.8 Å². The van der Waals surface area contributed by atoms with Crippen LogP contribution in [0.4, 0.5) is 0 Å². The Hall–Kier alpha value is -3.22. The topological polar surface area (TPSA) is 99.9 Å². The number of nitrogens with two attached hydrogens (primary N) is 1. The average Bonchev–Trinajstić information content (AvgIpc) is 2.64. The minimum absolute atomic E-state index is 0.262. The van der Waals surface area contributed by atoms with Gasteiger partial charge in [0.15, 0.2) is 18.1 Å². The van der Waals surface area contributed by atoms with Crippen LogP contribution >= 0.6 is 0 Å². The van der Waals surface area contributed by atoms with Crippen LogP contribution in [0.15, 0.2) is 42.5 Å². The molecule has 0 atom stereocenters. The lowest BCUT2D eigenvalue weighted by atomic mass is 10.1. The van der Waals surface area contributed by atoms with Gasteiger partial charge in [-0.3, -0.25) is 9.59 Å². The van der Waals surface area contributed by atoms with Gasteiger partial charge in [-0.1, -0.05) is 12.1 Å². The lowest BCUT2D eigenvalue weighted by Gasteiger charge is -2.11. The second kappa shape index (κ2) is 8.58. The Bertz CT molecular complexity index is 761. The van der Waals surface area contributed by atoms with Crippen molar-refractivity contribution in [1.82, 2.24) is 5.32 Å². The maximum absolute atomic E-state index is 12.3. The quantitative estimate of drug-likeness (QED) is 0.756. The number of amides is 2. The van der Waals surface area contributed by atoms with Crippen LogP contribution in [-0.2, 0) is 11.3 Å². The van der Waals surface area contributed by atoms with Crippen molar-refractivity contribution in [3.05, 3.63) is 53.6 Å². The van der Waals surface area contributed by atoms with E-state index >= 15 is 0 Å². The SMILES string of the molecule is COc1cccc(CNC(=O)c2ccc(OCC(N)=O)c(OC)c2)c1. The normalized spacial score (nSPS) is 10.0. The van der Waals surface area contributed by atoms with Gasteiger partial charge in [0, 0.05) is 12.1 Å². The van der Waals surface area contributed by atoms with Gasteiger partial charge in [-0.05, 0) is 35.9 Å². The molecule has 2 rings (SSSR count). The second-order valence-corrected chi connectivity index (χ2v) is 5.15. The fraction of sp³-hybridized carbons (Fsp3) is 0.222. The summed E-state index contributed by atoms with van der Waals surface area (Å²) in [5.41, 5.74) is 6.37. The van der Waals surface area contributed by atoms with Crippen molar-refractivity contribution in [2.24, 2.45) is 5.73 Å². The van der Waals surface area contributed by atoms with E-state index in [0.29, 0.717) is 23.6 Å². The maximum Gasteiger partial charge on any atom is 0.255 e. The predicted molar refractivity (Wildman–Crippen MR) is 91.8 cm³/mol. The summed E-state index contributed by atoms with van der Waals surface area (Å²) in [6.45, 7) is 0.0933. The minimum Gasteiger partial charge on any atom is -0.497 e. The smallest absolute Gasteiger partial charge is 0.255 e. The van der Waals surface area contributed by atoms with Crippen molar-refractivity contribution >= 4 is 11.8 Å². The van der Waals surface area contributed by atoms with E-state index in [1.807, 2.05) is 24.3 Å². The third-order valence-electron chi connectivity index (χ3n) is 3.38. The molecule has 3 N–H and O–H groups in total. The highest BCUT2D eigenvalue weighted by Crippen LogP contribution is 2.28. The Morgan fingerprint density at radius 3 is 2.52 bits per heavy atom. The molecule has 0 fully saturated rings. The summed E-state index contributed by atoms with van der Waals surface area (Å²) in [5, 5.41) is 2.82. The van der Waals surface area contributed by atoms with Crippen LogP contribution in [0.3, 0.4) is 0 Å². The Morgan fingerprint density at radius 1 is 1.04 bits per heavy atom. The number of rotatable bonds is 8. The molecule has 0 aliphatic heterocycles. The monoisotopic (exact) mass is 344 g/mol. The molecule has 2 amide bonds. The first-order chi connectivity index (χ1) is 12.0. The van der Waals surface area contributed by atoms with E-state index < -0.39 is 5.91 Å². The summed E-state index contributed by atoms with van der Waals surface area (Å²) in [5.74, 6) is 0.551. The van der Waals surface area contributed by atoms with Crippen molar-refractivity contribution in [1.29, 1.82) is 0 Å². The number of carbonyl (C=O) groups is 2. The molecule has 132 valence electrons. The van der Waals surface area contributed by atoms with Crippen molar-refractivity contribution < 1.29 is 23.8 Å². The van der Waals surface area contributed by atoms with Gasteiger partial charge in [-0.15, -0.1) is 0 Å². The Balaban J connectivity index is 2.04. The number of benzene rings is 2. The van der Waals surface area contributed by atoms with E-state index in [9.17, 15) is 9.59 Å². The zero-order chi connectivity index (χ0) is 18.2. The number of hydrogen-bond donors (Lipinski definition) is 2. The molecule has 0 saturated carbocycles. The molecular weight excluding hydrogens is 324 g/mol. The van der Waals surface area contributed by atoms with Gasteiger partial charge in [-0.25, -0.2) is 0 Å². The molecule has 2 aromatic rings. The van der Waals surface area contributed by atoms with Gasteiger partial charge in [0.1, 0.15) is 5.75 Å². The van der Waals surface area contributed by atoms with Crippen LogP contribution < -0.4 is 25.3 Å². The number of primary amides is 1.